The fourth-order valence-electron chi connectivity index (χ4n) is 4.44. The van der Waals surface area contributed by atoms with Gasteiger partial charge in [0.1, 0.15) is 5.69 Å². The number of halogens is 1. The van der Waals surface area contributed by atoms with Crippen molar-refractivity contribution < 1.29 is 9.59 Å². The molecule has 2 aliphatic heterocycles. The molecule has 0 saturated carbocycles. The van der Waals surface area contributed by atoms with Gasteiger partial charge in [-0.05, 0) is 38.2 Å². The minimum absolute atomic E-state index is 0.0393. The van der Waals surface area contributed by atoms with E-state index in [0.717, 1.165) is 49.7 Å². The molecule has 2 aliphatic rings. The van der Waals surface area contributed by atoms with Gasteiger partial charge in [-0.2, -0.15) is 0 Å². The van der Waals surface area contributed by atoms with Crippen molar-refractivity contribution in [2.24, 2.45) is 13.0 Å². The highest BCUT2D eigenvalue weighted by atomic mass is 35.5. The highest BCUT2D eigenvalue weighted by Crippen LogP contribution is 2.32. The van der Waals surface area contributed by atoms with Crippen molar-refractivity contribution in [1.82, 2.24) is 14.4 Å². The lowest BCUT2D eigenvalue weighted by Gasteiger charge is -2.35. The Morgan fingerprint density at radius 3 is 2.30 bits per heavy atom. The smallest absolute Gasteiger partial charge is 0.272 e. The zero-order valence-electron chi connectivity index (χ0n) is 15.8. The Labute approximate surface area is 164 Å². The maximum atomic E-state index is 13.1. The normalized spacial score (nSPS) is 18.9. The number of hydrogen-bond donors (Lipinski definition) is 0. The minimum Gasteiger partial charge on any atom is -0.342 e. The molecule has 2 fully saturated rings. The van der Waals surface area contributed by atoms with E-state index in [-0.39, 0.29) is 17.7 Å². The van der Waals surface area contributed by atoms with Crippen molar-refractivity contribution in [1.29, 1.82) is 0 Å². The van der Waals surface area contributed by atoms with Gasteiger partial charge in [-0.1, -0.05) is 29.8 Å². The molecule has 144 valence electrons. The van der Waals surface area contributed by atoms with E-state index in [9.17, 15) is 9.59 Å². The predicted octanol–water partition coefficient (Wildman–Crippen LogP) is 3.70. The Kier molecular flexibility index (Phi) is 5.13. The number of benzene rings is 1. The molecule has 1 aromatic carbocycles. The van der Waals surface area contributed by atoms with E-state index < -0.39 is 0 Å². The maximum absolute atomic E-state index is 13.1. The van der Waals surface area contributed by atoms with Crippen molar-refractivity contribution in [3.05, 3.63) is 35.0 Å². The first kappa shape index (κ1) is 18.4. The molecule has 3 heterocycles. The van der Waals surface area contributed by atoms with Crippen LogP contribution in [0.3, 0.4) is 0 Å². The van der Waals surface area contributed by atoms with Gasteiger partial charge in [0.25, 0.3) is 5.91 Å². The maximum Gasteiger partial charge on any atom is 0.272 e. The van der Waals surface area contributed by atoms with Crippen LogP contribution in [-0.4, -0.2) is 52.4 Å². The molecular weight excluding hydrogens is 362 g/mol. The largest absolute Gasteiger partial charge is 0.342 e. The number of fused-ring (bicyclic) bond motifs is 1. The molecule has 4 rings (SSSR count). The van der Waals surface area contributed by atoms with Gasteiger partial charge in [-0.25, -0.2) is 0 Å². The summed E-state index contributed by atoms with van der Waals surface area (Å²) in [7, 11) is 1.88. The van der Waals surface area contributed by atoms with Crippen LogP contribution < -0.4 is 0 Å². The number of carbonyl (C=O) groups excluding carboxylic acids is 2. The summed E-state index contributed by atoms with van der Waals surface area (Å²) in [6.07, 6.45) is 4.93. The van der Waals surface area contributed by atoms with Gasteiger partial charge in [0, 0.05) is 50.0 Å². The molecule has 0 N–H and O–H groups in total. The molecule has 2 saturated heterocycles. The third kappa shape index (κ3) is 3.33. The van der Waals surface area contributed by atoms with Crippen molar-refractivity contribution in [2.75, 3.05) is 26.2 Å². The minimum atomic E-state index is -0.0393. The second-order valence-corrected chi connectivity index (χ2v) is 8.07. The van der Waals surface area contributed by atoms with Crippen LogP contribution in [0.25, 0.3) is 10.9 Å². The van der Waals surface area contributed by atoms with E-state index in [1.54, 1.807) is 0 Å². The van der Waals surface area contributed by atoms with E-state index in [1.807, 2.05) is 45.7 Å². The molecule has 0 radical (unpaired) electrons. The van der Waals surface area contributed by atoms with E-state index in [1.165, 1.54) is 6.42 Å². The third-order valence-electron chi connectivity index (χ3n) is 6.05. The van der Waals surface area contributed by atoms with Gasteiger partial charge in [0.15, 0.2) is 0 Å². The number of aromatic nitrogens is 1. The van der Waals surface area contributed by atoms with Crippen molar-refractivity contribution in [3.63, 3.8) is 0 Å². The summed E-state index contributed by atoms with van der Waals surface area (Å²) in [6, 6.07) is 7.80. The van der Waals surface area contributed by atoms with Gasteiger partial charge in [-0.15, -0.1) is 0 Å². The van der Waals surface area contributed by atoms with Crippen molar-refractivity contribution in [3.8, 4) is 0 Å². The van der Waals surface area contributed by atoms with Crippen LogP contribution in [0, 0.1) is 5.92 Å². The van der Waals surface area contributed by atoms with Crippen LogP contribution in [0.15, 0.2) is 24.3 Å². The van der Waals surface area contributed by atoms with E-state index in [0.29, 0.717) is 23.8 Å². The first-order valence-electron chi connectivity index (χ1n) is 9.89. The first-order valence-corrected chi connectivity index (χ1v) is 10.3. The lowest BCUT2D eigenvalue weighted by atomic mass is 9.94. The van der Waals surface area contributed by atoms with Crippen LogP contribution in [0.5, 0.6) is 0 Å². The monoisotopic (exact) mass is 387 g/mol. The van der Waals surface area contributed by atoms with Gasteiger partial charge in [-0.3, -0.25) is 9.59 Å². The summed E-state index contributed by atoms with van der Waals surface area (Å²) in [5.41, 5.74) is 1.50. The van der Waals surface area contributed by atoms with Crippen molar-refractivity contribution in [2.45, 2.75) is 32.1 Å². The molecule has 2 amide bonds. The van der Waals surface area contributed by atoms with Crippen LogP contribution in [0.2, 0.25) is 5.02 Å². The average Bonchev–Trinajstić information content (AvgIpc) is 2.98. The standard InChI is InChI=1S/C21H26ClN3O2/c1-23-17-8-4-3-7-16(17)18(22)19(23)21(27)25-13-9-15(10-14-25)20(26)24-11-5-2-6-12-24/h3-4,7-8,15H,2,5-6,9-14H2,1H3. The number of amides is 2. The van der Waals surface area contributed by atoms with E-state index in [4.69, 9.17) is 11.6 Å². The summed E-state index contributed by atoms with van der Waals surface area (Å²) in [4.78, 5) is 29.7. The number of piperidine rings is 2. The number of rotatable bonds is 2. The summed E-state index contributed by atoms with van der Waals surface area (Å²) in [6.45, 7) is 3.01. The number of aryl methyl sites for hydroxylation is 1. The van der Waals surface area contributed by atoms with Crippen LogP contribution in [0.4, 0.5) is 0 Å². The van der Waals surface area contributed by atoms with Gasteiger partial charge in [0.2, 0.25) is 5.91 Å². The number of para-hydroxylation sites is 1. The fraction of sp³-hybridized carbons (Fsp3) is 0.524. The van der Waals surface area contributed by atoms with E-state index in [2.05, 4.69) is 0 Å². The molecule has 2 aromatic rings. The molecular formula is C21H26ClN3O2. The van der Waals surface area contributed by atoms with Gasteiger partial charge >= 0.3 is 0 Å². The SMILES string of the molecule is Cn1c(C(=O)N2CCC(C(=O)N3CCCCC3)CC2)c(Cl)c2ccccc21. The molecule has 0 bridgehead atoms. The molecule has 0 unspecified atom stereocenters. The summed E-state index contributed by atoms with van der Waals surface area (Å²) in [5.74, 6) is 0.294. The second-order valence-electron chi connectivity index (χ2n) is 7.69. The van der Waals surface area contributed by atoms with Gasteiger partial charge in [0.05, 0.1) is 5.02 Å². The highest BCUT2D eigenvalue weighted by Gasteiger charge is 2.32. The zero-order chi connectivity index (χ0) is 19.0. The number of likely N-dealkylation sites (tertiary alicyclic amines) is 2. The lowest BCUT2D eigenvalue weighted by molar-refractivity contribution is -0.137. The molecule has 5 nitrogen and oxygen atoms in total. The Hall–Kier alpha value is -2.01. The predicted molar refractivity (Wildman–Crippen MR) is 107 cm³/mol. The Morgan fingerprint density at radius 2 is 1.63 bits per heavy atom. The topological polar surface area (TPSA) is 45.6 Å². The molecule has 27 heavy (non-hydrogen) atoms. The quantitative estimate of drug-likeness (QED) is 0.788. The lowest BCUT2D eigenvalue weighted by Crippen LogP contribution is -2.46. The fourth-order valence-corrected chi connectivity index (χ4v) is 4.80. The van der Waals surface area contributed by atoms with Crippen molar-refractivity contribution >= 4 is 34.3 Å². The van der Waals surface area contributed by atoms with Gasteiger partial charge < -0.3 is 14.4 Å². The van der Waals surface area contributed by atoms with Crippen LogP contribution >= 0.6 is 11.6 Å². The van der Waals surface area contributed by atoms with Crippen LogP contribution in [0.1, 0.15) is 42.6 Å². The van der Waals surface area contributed by atoms with E-state index >= 15 is 0 Å². The second kappa shape index (κ2) is 7.55. The molecule has 0 atom stereocenters. The highest BCUT2D eigenvalue weighted by molar-refractivity contribution is 6.38. The summed E-state index contributed by atoms with van der Waals surface area (Å²) >= 11 is 6.53. The third-order valence-corrected chi connectivity index (χ3v) is 6.43. The first-order chi connectivity index (χ1) is 13.1. The Balaban J connectivity index is 1.45. The molecule has 0 spiro atoms. The number of nitrogens with zero attached hydrogens (tertiary/aromatic N) is 3. The number of carbonyl (C=O) groups is 2. The molecule has 0 aliphatic carbocycles. The molecule has 1 aromatic heterocycles. The Bertz CT molecular complexity index is 823. The average molecular weight is 388 g/mol. The number of hydrogen-bond acceptors (Lipinski definition) is 2. The summed E-state index contributed by atoms with van der Waals surface area (Å²) in [5, 5.41) is 1.42. The Morgan fingerprint density at radius 1 is 0.963 bits per heavy atom. The summed E-state index contributed by atoms with van der Waals surface area (Å²) < 4.78 is 1.88. The van der Waals surface area contributed by atoms with Crippen LogP contribution in [-0.2, 0) is 11.8 Å². The molecule has 6 heteroatoms. The zero-order valence-corrected chi connectivity index (χ0v) is 16.5.